The van der Waals surface area contributed by atoms with Crippen molar-refractivity contribution in [2.24, 2.45) is 7.05 Å². The first kappa shape index (κ1) is 19.3. The van der Waals surface area contributed by atoms with Gasteiger partial charge < -0.3 is 15.4 Å². The molecule has 1 aliphatic heterocycles. The Hall–Kier alpha value is -3.00. The summed E-state index contributed by atoms with van der Waals surface area (Å²) in [5, 5.41) is 4.32. The van der Waals surface area contributed by atoms with E-state index in [2.05, 4.69) is 58.1 Å². The molecule has 2 N–H and O–H groups in total. The van der Waals surface area contributed by atoms with E-state index in [4.69, 9.17) is 15.5 Å². The lowest BCUT2D eigenvalue weighted by Gasteiger charge is -2.29. The van der Waals surface area contributed by atoms with Crippen molar-refractivity contribution >= 4 is 11.9 Å². The molecular weight excluding hydrogens is 366 g/mol. The second-order valence-electron chi connectivity index (χ2n) is 7.97. The number of nitrogens with zero attached hydrogens (tertiary/aromatic N) is 6. The number of hydrogen-bond donors (Lipinski definition) is 1. The molecule has 3 heterocycles. The Morgan fingerprint density at radius 3 is 2.55 bits per heavy atom. The molecule has 152 valence electrons. The highest BCUT2D eigenvalue weighted by Gasteiger charge is 2.28. The Bertz CT molecular complexity index is 992. The molecule has 0 bridgehead atoms. The van der Waals surface area contributed by atoms with E-state index in [-0.39, 0.29) is 11.4 Å². The van der Waals surface area contributed by atoms with Crippen molar-refractivity contribution in [1.82, 2.24) is 24.7 Å². The monoisotopic (exact) mass is 393 g/mol. The maximum atomic E-state index is 6.05. The SMILES string of the molecule is Cn1nccc1-c1ccccc1CC(C)(C)c1nc(N)nc(N2CCOCC2)n1. The highest BCUT2D eigenvalue weighted by atomic mass is 16.5. The van der Waals surface area contributed by atoms with Crippen molar-refractivity contribution in [3.8, 4) is 11.3 Å². The Balaban J connectivity index is 1.66. The second kappa shape index (κ2) is 7.79. The van der Waals surface area contributed by atoms with Crippen molar-refractivity contribution in [2.75, 3.05) is 36.9 Å². The topological polar surface area (TPSA) is 95.0 Å². The minimum Gasteiger partial charge on any atom is -0.378 e. The average Bonchev–Trinajstić information content (AvgIpc) is 3.14. The quantitative estimate of drug-likeness (QED) is 0.710. The highest BCUT2D eigenvalue weighted by molar-refractivity contribution is 5.64. The van der Waals surface area contributed by atoms with E-state index in [1.165, 1.54) is 5.56 Å². The number of nitrogen functional groups attached to an aromatic ring is 1. The number of aryl methyl sites for hydroxylation is 1. The molecular formula is C21H27N7O. The van der Waals surface area contributed by atoms with Gasteiger partial charge in [-0.3, -0.25) is 4.68 Å². The second-order valence-corrected chi connectivity index (χ2v) is 7.97. The molecule has 1 saturated heterocycles. The predicted octanol–water partition coefficient (Wildman–Crippen LogP) is 2.21. The van der Waals surface area contributed by atoms with Gasteiger partial charge in [0.15, 0.2) is 0 Å². The van der Waals surface area contributed by atoms with Gasteiger partial charge in [0.1, 0.15) is 5.82 Å². The van der Waals surface area contributed by atoms with E-state index in [0.717, 1.165) is 30.8 Å². The van der Waals surface area contributed by atoms with E-state index < -0.39 is 0 Å². The number of ether oxygens (including phenoxy) is 1. The highest BCUT2D eigenvalue weighted by Crippen LogP contribution is 2.31. The maximum absolute atomic E-state index is 6.05. The summed E-state index contributed by atoms with van der Waals surface area (Å²) in [5.74, 6) is 1.58. The number of nitrogens with two attached hydrogens (primary N) is 1. The molecule has 1 aliphatic rings. The van der Waals surface area contributed by atoms with Gasteiger partial charge in [-0.15, -0.1) is 0 Å². The van der Waals surface area contributed by atoms with Gasteiger partial charge in [0, 0.05) is 37.3 Å². The van der Waals surface area contributed by atoms with Crippen LogP contribution in [-0.4, -0.2) is 51.0 Å². The van der Waals surface area contributed by atoms with Gasteiger partial charge in [0.2, 0.25) is 11.9 Å². The lowest BCUT2D eigenvalue weighted by atomic mass is 9.83. The zero-order chi connectivity index (χ0) is 20.4. The Morgan fingerprint density at radius 2 is 1.83 bits per heavy atom. The van der Waals surface area contributed by atoms with Crippen LogP contribution in [0.1, 0.15) is 25.2 Å². The van der Waals surface area contributed by atoms with Gasteiger partial charge >= 0.3 is 0 Å². The molecule has 29 heavy (non-hydrogen) atoms. The summed E-state index contributed by atoms with van der Waals surface area (Å²) >= 11 is 0. The molecule has 0 atom stereocenters. The van der Waals surface area contributed by atoms with Crippen molar-refractivity contribution in [1.29, 1.82) is 0 Å². The molecule has 8 heteroatoms. The molecule has 1 fully saturated rings. The number of benzene rings is 1. The molecule has 0 spiro atoms. The molecule has 1 aromatic carbocycles. The van der Waals surface area contributed by atoms with Crippen LogP contribution in [0.4, 0.5) is 11.9 Å². The van der Waals surface area contributed by atoms with Gasteiger partial charge in [-0.1, -0.05) is 38.1 Å². The maximum Gasteiger partial charge on any atom is 0.230 e. The molecule has 0 aliphatic carbocycles. The molecule has 0 saturated carbocycles. The van der Waals surface area contributed by atoms with Crippen LogP contribution in [0.5, 0.6) is 0 Å². The van der Waals surface area contributed by atoms with Crippen molar-refractivity contribution < 1.29 is 4.74 Å². The first-order valence-electron chi connectivity index (χ1n) is 9.85. The van der Waals surface area contributed by atoms with Crippen LogP contribution >= 0.6 is 0 Å². The summed E-state index contributed by atoms with van der Waals surface area (Å²) in [6.45, 7) is 7.14. The van der Waals surface area contributed by atoms with Crippen LogP contribution in [0.25, 0.3) is 11.3 Å². The molecule has 8 nitrogen and oxygen atoms in total. The summed E-state index contributed by atoms with van der Waals surface area (Å²) in [4.78, 5) is 15.7. The minimum atomic E-state index is -0.327. The standard InChI is InChI=1S/C21H27N7O/c1-21(2,14-15-6-4-5-7-16(15)17-8-9-23-27(17)3)18-24-19(22)26-20(25-18)28-10-12-29-13-11-28/h4-9H,10-14H2,1-3H3,(H2,22,24,25,26). The molecule has 2 aromatic heterocycles. The van der Waals surface area contributed by atoms with Crippen molar-refractivity contribution in [3.63, 3.8) is 0 Å². The van der Waals surface area contributed by atoms with E-state index in [1.54, 1.807) is 0 Å². The van der Waals surface area contributed by atoms with Gasteiger partial charge in [-0.2, -0.15) is 20.1 Å². The minimum absolute atomic E-state index is 0.254. The van der Waals surface area contributed by atoms with E-state index in [9.17, 15) is 0 Å². The molecule has 0 radical (unpaired) electrons. The van der Waals surface area contributed by atoms with Crippen LogP contribution in [0.2, 0.25) is 0 Å². The Labute approximate surface area is 170 Å². The Kier molecular flexibility index (Phi) is 5.19. The van der Waals surface area contributed by atoms with Gasteiger partial charge in [0.25, 0.3) is 0 Å². The van der Waals surface area contributed by atoms with Crippen molar-refractivity contribution in [3.05, 3.63) is 47.9 Å². The van der Waals surface area contributed by atoms with Gasteiger partial charge in [0.05, 0.1) is 18.9 Å². The third kappa shape index (κ3) is 4.07. The molecule has 0 amide bonds. The third-order valence-electron chi connectivity index (χ3n) is 5.29. The Morgan fingerprint density at radius 1 is 1.07 bits per heavy atom. The number of morpholine rings is 1. The zero-order valence-corrected chi connectivity index (χ0v) is 17.2. The van der Waals surface area contributed by atoms with Crippen LogP contribution in [-0.2, 0) is 23.6 Å². The van der Waals surface area contributed by atoms with E-state index >= 15 is 0 Å². The molecule has 4 rings (SSSR count). The number of rotatable bonds is 5. The van der Waals surface area contributed by atoms with E-state index in [1.807, 2.05) is 24.0 Å². The van der Waals surface area contributed by atoms with Crippen LogP contribution in [0, 0.1) is 0 Å². The van der Waals surface area contributed by atoms with Gasteiger partial charge in [-0.05, 0) is 18.1 Å². The fourth-order valence-electron chi connectivity index (χ4n) is 3.71. The lowest BCUT2D eigenvalue weighted by Crippen LogP contribution is -2.38. The van der Waals surface area contributed by atoms with Gasteiger partial charge in [-0.25, -0.2) is 0 Å². The predicted molar refractivity (Wildman–Crippen MR) is 113 cm³/mol. The summed E-state index contributed by atoms with van der Waals surface area (Å²) < 4.78 is 7.33. The van der Waals surface area contributed by atoms with Crippen LogP contribution in [0.3, 0.4) is 0 Å². The zero-order valence-electron chi connectivity index (χ0n) is 17.2. The fourth-order valence-corrected chi connectivity index (χ4v) is 3.71. The fraction of sp³-hybridized carbons (Fsp3) is 0.429. The lowest BCUT2D eigenvalue weighted by molar-refractivity contribution is 0.122. The number of hydrogen-bond acceptors (Lipinski definition) is 7. The number of aromatic nitrogens is 5. The van der Waals surface area contributed by atoms with E-state index in [0.29, 0.717) is 25.0 Å². The summed E-state index contributed by atoms with van der Waals surface area (Å²) in [5.41, 5.74) is 9.19. The average molecular weight is 393 g/mol. The summed E-state index contributed by atoms with van der Waals surface area (Å²) in [6, 6.07) is 10.4. The summed E-state index contributed by atoms with van der Waals surface area (Å²) in [7, 11) is 1.96. The molecule has 0 unspecified atom stereocenters. The normalized spacial score (nSPS) is 14.9. The van der Waals surface area contributed by atoms with Crippen molar-refractivity contribution in [2.45, 2.75) is 25.7 Å². The summed E-state index contributed by atoms with van der Waals surface area (Å²) in [6.07, 6.45) is 2.58. The third-order valence-corrected chi connectivity index (χ3v) is 5.29. The number of anilines is 2. The molecule has 3 aromatic rings. The smallest absolute Gasteiger partial charge is 0.230 e. The largest absolute Gasteiger partial charge is 0.378 e. The van der Waals surface area contributed by atoms with Crippen LogP contribution < -0.4 is 10.6 Å². The first-order chi connectivity index (χ1) is 13.9. The van der Waals surface area contributed by atoms with Crippen LogP contribution in [0.15, 0.2) is 36.5 Å². The first-order valence-corrected chi connectivity index (χ1v) is 9.85.